The minimum Gasteiger partial charge on any atom is -0.461 e. The lowest BCUT2D eigenvalue weighted by Gasteiger charge is -2.06. The van der Waals surface area contributed by atoms with E-state index in [4.69, 9.17) is 27.9 Å². The molecule has 0 aliphatic carbocycles. The Balaban J connectivity index is 2.63. The van der Waals surface area contributed by atoms with Crippen LogP contribution in [0.2, 0.25) is 0 Å². The molecule has 0 fully saturated rings. The second-order valence-electron chi connectivity index (χ2n) is 2.52. The molecule has 0 radical (unpaired) electrons. The lowest BCUT2D eigenvalue weighted by molar-refractivity contribution is 0.354. The predicted molar refractivity (Wildman–Crippen MR) is 56.5 cm³/mol. The molecule has 13 heavy (non-hydrogen) atoms. The fourth-order valence-corrected chi connectivity index (χ4v) is 1.18. The molecule has 0 N–H and O–H groups in total. The van der Waals surface area contributed by atoms with E-state index < -0.39 is 5.02 Å². The Morgan fingerprint density at radius 2 is 1.92 bits per heavy atom. The molecule has 70 valence electrons. The molecule has 1 nitrogen and oxygen atoms in total. The first-order chi connectivity index (χ1) is 6.22. The van der Waals surface area contributed by atoms with Crippen molar-refractivity contribution in [2.24, 2.45) is 0 Å². The minimum absolute atomic E-state index is 0.669. The average Bonchev–Trinajstić information content (AvgIpc) is 2.08. The van der Waals surface area contributed by atoms with E-state index in [1.165, 1.54) is 5.56 Å². The molecule has 0 unspecified atom stereocenters. The first kappa shape index (κ1) is 10.4. The van der Waals surface area contributed by atoms with Crippen molar-refractivity contribution in [3.63, 3.8) is 0 Å². The van der Waals surface area contributed by atoms with Crippen molar-refractivity contribution in [2.45, 2.75) is 11.4 Å². The van der Waals surface area contributed by atoms with Crippen LogP contribution in [0.1, 0.15) is 5.56 Å². The number of hydrogen-bond donors (Lipinski definition) is 0. The van der Waals surface area contributed by atoms with Crippen molar-refractivity contribution < 1.29 is 4.74 Å². The Morgan fingerprint density at radius 3 is 2.38 bits per heavy atom. The lowest BCUT2D eigenvalue weighted by Crippen LogP contribution is -1.98. The molecule has 0 atom stereocenters. The van der Waals surface area contributed by atoms with Crippen LogP contribution in [-0.4, -0.2) is 5.02 Å². The van der Waals surface area contributed by atoms with Gasteiger partial charge < -0.3 is 4.74 Å². The third-order valence-corrected chi connectivity index (χ3v) is 1.71. The molecule has 0 spiro atoms. The Bertz CT molecular complexity index is 267. The van der Waals surface area contributed by atoms with Gasteiger partial charge in [-0.25, -0.2) is 0 Å². The van der Waals surface area contributed by atoms with Gasteiger partial charge in [-0.1, -0.05) is 41.4 Å². The smallest absolute Gasteiger partial charge is 0.247 e. The van der Waals surface area contributed by atoms with Crippen LogP contribution in [0.25, 0.3) is 0 Å². The highest BCUT2D eigenvalue weighted by Crippen LogP contribution is 2.16. The van der Waals surface area contributed by atoms with Crippen LogP contribution >= 0.6 is 23.2 Å². The first-order valence-corrected chi connectivity index (χ1v) is 4.74. The van der Waals surface area contributed by atoms with Crippen LogP contribution in [0, 0.1) is 0 Å². The Labute approximate surface area is 87.9 Å². The van der Waals surface area contributed by atoms with Crippen LogP contribution in [0.3, 0.4) is 0 Å². The van der Waals surface area contributed by atoms with E-state index in [2.05, 4.69) is 6.58 Å². The quantitative estimate of drug-likeness (QED) is 0.553. The van der Waals surface area contributed by atoms with Gasteiger partial charge >= 0.3 is 0 Å². The zero-order valence-corrected chi connectivity index (χ0v) is 8.55. The van der Waals surface area contributed by atoms with E-state index in [0.29, 0.717) is 5.75 Å². The third kappa shape index (κ3) is 3.71. The summed E-state index contributed by atoms with van der Waals surface area (Å²) >= 11 is 10.9. The van der Waals surface area contributed by atoms with E-state index in [1.807, 2.05) is 30.3 Å². The van der Waals surface area contributed by atoms with E-state index >= 15 is 0 Å². The molecule has 0 aliphatic heterocycles. The number of allylic oxidation sites excluding steroid dienone is 1. The highest BCUT2D eigenvalue weighted by Gasteiger charge is 1.99. The summed E-state index contributed by atoms with van der Waals surface area (Å²) in [6, 6.07) is 7.56. The molecular weight excluding hydrogens is 207 g/mol. The number of alkyl halides is 2. The maximum atomic E-state index is 5.44. The van der Waals surface area contributed by atoms with E-state index in [9.17, 15) is 0 Å². The Hall–Kier alpha value is -0.660. The van der Waals surface area contributed by atoms with E-state index in [1.54, 1.807) is 0 Å². The molecule has 0 heterocycles. The number of ether oxygens (including phenoxy) is 1. The van der Waals surface area contributed by atoms with Crippen LogP contribution in [0.15, 0.2) is 36.9 Å². The monoisotopic (exact) mass is 216 g/mol. The zero-order chi connectivity index (χ0) is 9.68. The molecule has 0 saturated heterocycles. The second kappa shape index (κ2) is 5.15. The highest BCUT2D eigenvalue weighted by atomic mass is 35.5. The molecule has 0 bridgehead atoms. The lowest BCUT2D eigenvalue weighted by atomic mass is 10.1. The standard InChI is InChI=1S/C10H10Cl2O/c1-2-3-8-4-6-9(7-5-8)13-10(11)12/h2,4-7,10H,1,3H2. The second-order valence-corrected chi connectivity index (χ2v) is 3.53. The molecule has 0 saturated carbocycles. The van der Waals surface area contributed by atoms with Gasteiger partial charge in [0.1, 0.15) is 5.75 Å². The topological polar surface area (TPSA) is 9.23 Å². The SMILES string of the molecule is C=CCc1ccc(OC(Cl)Cl)cc1. The number of halogens is 2. The summed E-state index contributed by atoms with van der Waals surface area (Å²) < 4.78 is 5.05. The van der Waals surface area contributed by atoms with Gasteiger partial charge in [-0.3, -0.25) is 0 Å². The van der Waals surface area contributed by atoms with Crippen LogP contribution in [0.4, 0.5) is 0 Å². The fourth-order valence-electron chi connectivity index (χ4n) is 0.974. The van der Waals surface area contributed by atoms with Gasteiger partial charge in [0, 0.05) is 0 Å². The van der Waals surface area contributed by atoms with Crippen LogP contribution in [0.5, 0.6) is 5.75 Å². The Morgan fingerprint density at radius 1 is 1.31 bits per heavy atom. The molecule has 3 heteroatoms. The van der Waals surface area contributed by atoms with E-state index in [0.717, 1.165) is 6.42 Å². The summed E-state index contributed by atoms with van der Waals surface area (Å²) in [7, 11) is 0. The predicted octanol–water partition coefficient (Wildman–Crippen LogP) is 3.56. The maximum Gasteiger partial charge on any atom is 0.247 e. The van der Waals surface area contributed by atoms with Crippen LogP contribution in [-0.2, 0) is 6.42 Å². The van der Waals surface area contributed by atoms with Crippen molar-refractivity contribution >= 4 is 23.2 Å². The number of rotatable bonds is 4. The molecule has 0 amide bonds. The van der Waals surface area contributed by atoms with Gasteiger partial charge in [-0.2, -0.15) is 0 Å². The normalized spacial score (nSPS) is 10.1. The Kier molecular flexibility index (Phi) is 4.13. The van der Waals surface area contributed by atoms with Crippen molar-refractivity contribution in [1.82, 2.24) is 0 Å². The minimum atomic E-state index is -0.815. The molecular formula is C10H10Cl2O. The first-order valence-electron chi connectivity index (χ1n) is 3.87. The largest absolute Gasteiger partial charge is 0.461 e. The molecule has 1 aromatic rings. The molecule has 0 aliphatic rings. The van der Waals surface area contributed by atoms with Gasteiger partial charge in [0.2, 0.25) is 5.02 Å². The number of hydrogen-bond acceptors (Lipinski definition) is 1. The highest BCUT2D eigenvalue weighted by molar-refractivity contribution is 6.43. The zero-order valence-electron chi connectivity index (χ0n) is 7.04. The van der Waals surface area contributed by atoms with Crippen molar-refractivity contribution in [3.8, 4) is 5.75 Å². The molecule has 0 aromatic heterocycles. The summed E-state index contributed by atoms with van der Waals surface area (Å²) in [4.78, 5) is 0. The van der Waals surface area contributed by atoms with Gasteiger partial charge in [-0.15, -0.1) is 6.58 Å². The van der Waals surface area contributed by atoms with Gasteiger partial charge in [-0.05, 0) is 24.1 Å². The van der Waals surface area contributed by atoms with Gasteiger partial charge in [0.25, 0.3) is 0 Å². The molecule has 1 aromatic carbocycles. The van der Waals surface area contributed by atoms with Crippen molar-refractivity contribution in [3.05, 3.63) is 42.5 Å². The summed E-state index contributed by atoms with van der Waals surface area (Å²) in [6.07, 6.45) is 2.70. The fraction of sp³-hybridized carbons (Fsp3) is 0.200. The van der Waals surface area contributed by atoms with E-state index in [-0.39, 0.29) is 0 Å². The van der Waals surface area contributed by atoms with Crippen LogP contribution < -0.4 is 4.74 Å². The van der Waals surface area contributed by atoms with Crippen molar-refractivity contribution in [1.29, 1.82) is 0 Å². The average molecular weight is 217 g/mol. The summed E-state index contributed by atoms with van der Waals surface area (Å²) in [5, 5.41) is -0.815. The summed E-state index contributed by atoms with van der Waals surface area (Å²) in [6.45, 7) is 3.65. The maximum absolute atomic E-state index is 5.44. The van der Waals surface area contributed by atoms with Crippen molar-refractivity contribution in [2.75, 3.05) is 0 Å². The third-order valence-electron chi connectivity index (χ3n) is 1.53. The summed E-state index contributed by atoms with van der Waals surface area (Å²) in [5.41, 5.74) is 1.18. The van der Waals surface area contributed by atoms with Gasteiger partial charge in [0.05, 0.1) is 0 Å². The van der Waals surface area contributed by atoms with Gasteiger partial charge in [0.15, 0.2) is 0 Å². The number of benzene rings is 1. The summed E-state index contributed by atoms with van der Waals surface area (Å²) in [5.74, 6) is 0.669. The molecule has 1 rings (SSSR count).